The van der Waals surface area contributed by atoms with E-state index in [1.54, 1.807) is 60.3 Å². The molecule has 37 heavy (non-hydrogen) atoms. The van der Waals surface area contributed by atoms with Crippen molar-refractivity contribution in [2.45, 2.75) is 33.3 Å². The van der Waals surface area contributed by atoms with Crippen LogP contribution in [0.4, 0.5) is 0 Å². The van der Waals surface area contributed by atoms with Crippen LogP contribution in [0.15, 0.2) is 48.0 Å². The molecule has 0 aliphatic carbocycles. The summed E-state index contributed by atoms with van der Waals surface area (Å²) in [7, 11) is 4.69. The van der Waals surface area contributed by atoms with Crippen LogP contribution < -0.4 is 14.2 Å². The van der Waals surface area contributed by atoms with Gasteiger partial charge in [-0.1, -0.05) is 18.2 Å². The van der Waals surface area contributed by atoms with E-state index < -0.39 is 0 Å². The van der Waals surface area contributed by atoms with E-state index in [1.807, 2.05) is 24.3 Å². The van der Waals surface area contributed by atoms with E-state index in [0.717, 1.165) is 11.1 Å². The Kier molecular flexibility index (Phi) is 9.97. The highest BCUT2D eigenvalue weighted by Gasteiger charge is 2.40. The van der Waals surface area contributed by atoms with Crippen LogP contribution in [-0.4, -0.2) is 53.1 Å². The molecule has 8 nitrogen and oxygen atoms in total. The highest BCUT2D eigenvalue weighted by atomic mass is 16.5. The van der Waals surface area contributed by atoms with Crippen molar-refractivity contribution in [3.63, 3.8) is 0 Å². The van der Waals surface area contributed by atoms with Crippen LogP contribution in [0, 0.1) is 11.8 Å². The molecule has 0 aromatic heterocycles. The van der Waals surface area contributed by atoms with Gasteiger partial charge in [0.15, 0.2) is 11.5 Å². The van der Waals surface area contributed by atoms with Crippen LogP contribution in [0.5, 0.6) is 17.2 Å². The molecule has 1 heterocycles. The maximum absolute atomic E-state index is 12.4. The topological polar surface area (TPSA) is 89.5 Å². The van der Waals surface area contributed by atoms with Crippen LogP contribution in [0.25, 0.3) is 0 Å². The van der Waals surface area contributed by atoms with Gasteiger partial charge in [-0.05, 0) is 68.5 Å². The molecule has 1 aliphatic rings. The highest BCUT2D eigenvalue weighted by molar-refractivity contribution is 5.89. The second kappa shape index (κ2) is 13.1. The summed E-state index contributed by atoms with van der Waals surface area (Å²) in [5.74, 6) is 0.799. The molecule has 0 saturated carbocycles. The SMILES string of the molecule is CC=C(C)C(=O)OC[C@H]1[C@@H](Cc2ccc(C(=O)OCC)cc2)CO[C@@H]1c1cc(OC)c(OC)c(OC)c1. The highest BCUT2D eigenvalue weighted by Crippen LogP contribution is 2.46. The smallest absolute Gasteiger partial charge is 0.338 e. The van der Waals surface area contributed by atoms with Crippen molar-refractivity contribution < 1.29 is 38.0 Å². The Labute approximate surface area is 218 Å². The zero-order valence-corrected chi connectivity index (χ0v) is 22.4. The maximum Gasteiger partial charge on any atom is 0.338 e. The lowest BCUT2D eigenvalue weighted by atomic mass is 9.84. The van der Waals surface area contributed by atoms with Crippen LogP contribution in [-0.2, 0) is 25.4 Å². The lowest BCUT2D eigenvalue weighted by molar-refractivity contribution is -0.141. The van der Waals surface area contributed by atoms with E-state index >= 15 is 0 Å². The summed E-state index contributed by atoms with van der Waals surface area (Å²) in [6.45, 7) is 6.31. The Morgan fingerprint density at radius 1 is 1.00 bits per heavy atom. The molecule has 2 aromatic carbocycles. The van der Waals surface area contributed by atoms with Crippen LogP contribution in [0.2, 0.25) is 0 Å². The number of methoxy groups -OCH3 is 3. The Balaban J connectivity index is 1.88. The second-order valence-electron chi connectivity index (χ2n) is 8.83. The van der Waals surface area contributed by atoms with Crippen molar-refractivity contribution in [1.82, 2.24) is 0 Å². The number of hydrogen-bond donors (Lipinski definition) is 0. The third-order valence-electron chi connectivity index (χ3n) is 6.62. The molecule has 0 amide bonds. The Hall–Kier alpha value is -3.52. The van der Waals surface area contributed by atoms with E-state index in [0.29, 0.717) is 48.0 Å². The zero-order valence-electron chi connectivity index (χ0n) is 22.4. The second-order valence-corrected chi connectivity index (χ2v) is 8.83. The third kappa shape index (κ3) is 6.63. The molecule has 3 rings (SSSR count). The number of carbonyl (C=O) groups is 2. The first-order chi connectivity index (χ1) is 17.9. The van der Waals surface area contributed by atoms with Gasteiger partial charge in [-0.25, -0.2) is 9.59 Å². The quantitative estimate of drug-likeness (QED) is 0.309. The fourth-order valence-electron chi connectivity index (χ4n) is 4.46. The molecule has 0 spiro atoms. The summed E-state index contributed by atoms with van der Waals surface area (Å²) in [5.41, 5.74) is 2.96. The molecule has 0 bridgehead atoms. The summed E-state index contributed by atoms with van der Waals surface area (Å²) in [6.07, 6.45) is 2.07. The van der Waals surface area contributed by atoms with E-state index in [4.69, 9.17) is 28.4 Å². The fourth-order valence-corrected chi connectivity index (χ4v) is 4.46. The van der Waals surface area contributed by atoms with Crippen molar-refractivity contribution in [2.75, 3.05) is 41.2 Å². The monoisotopic (exact) mass is 512 g/mol. The molecule has 0 unspecified atom stereocenters. The van der Waals surface area contributed by atoms with Gasteiger partial charge in [0.1, 0.15) is 0 Å². The zero-order chi connectivity index (χ0) is 26.9. The number of rotatable bonds is 11. The Bertz CT molecular complexity index is 1080. The van der Waals surface area contributed by atoms with Gasteiger partial charge in [-0.3, -0.25) is 0 Å². The molecule has 1 fully saturated rings. The number of hydrogen-bond acceptors (Lipinski definition) is 8. The number of allylic oxidation sites excluding steroid dienone is 1. The number of esters is 2. The molecule has 2 aromatic rings. The van der Waals surface area contributed by atoms with Gasteiger partial charge in [0.05, 0.1) is 52.8 Å². The normalized spacial score (nSPS) is 19.3. The summed E-state index contributed by atoms with van der Waals surface area (Å²) < 4.78 is 33.6. The van der Waals surface area contributed by atoms with Gasteiger partial charge >= 0.3 is 11.9 Å². The van der Waals surface area contributed by atoms with Gasteiger partial charge in [0.2, 0.25) is 5.75 Å². The summed E-state index contributed by atoms with van der Waals surface area (Å²) in [4.78, 5) is 24.5. The van der Waals surface area contributed by atoms with Gasteiger partial charge in [-0.2, -0.15) is 0 Å². The van der Waals surface area contributed by atoms with Crippen molar-refractivity contribution in [3.8, 4) is 17.2 Å². The van der Waals surface area contributed by atoms with E-state index in [-0.39, 0.29) is 36.5 Å². The predicted molar refractivity (Wildman–Crippen MR) is 138 cm³/mol. The van der Waals surface area contributed by atoms with Crippen LogP contribution in [0.1, 0.15) is 48.4 Å². The minimum atomic E-state index is -0.351. The maximum atomic E-state index is 12.4. The largest absolute Gasteiger partial charge is 0.493 e. The molecule has 3 atom stereocenters. The third-order valence-corrected chi connectivity index (χ3v) is 6.62. The summed E-state index contributed by atoms with van der Waals surface area (Å²) >= 11 is 0. The molecule has 8 heteroatoms. The number of ether oxygens (including phenoxy) is 6. The molecule has 1 saturated heterocycles. The Morgan fingerprint density at radius 3 is 2.19 bits per heavy atom. The summed E-state index contributed by atoms with van der Waals surface area (Å²) in [6, 6.07) is 11.1. The lowest BCUT2D eigenvalue weighted by Crippen LogP contribution is -2.24. The van der Waals surface area contributed by atoms with Crippen molar-refractivity contribution >= 4 is 11.9 Å². The molecule has 0 N–H and O–H groups in total. The number of benzene rings is 2. The average Bonchev–Trinajstić information content (AvgIpc) is 3.32. The Morgan fingerprint density at radius 2 is 1.65 bits per heavy atom. The van der Waals surface area contributed by atoms with Crippen molar-refractivity contribution in [2.24, 2.45) is 11.8 Å². The predicted octanol–water partition coefficient (Wildman–Crippen LogP) is 4.94. The lowest BCUT2D eigenvalue weighted by Gasteiger charge is -2.24. The van der Waals surface area contributed by atoms with Crippen LogP contribution in [0.3, 0.4) is 0 Å². The summed E-state index contributed by atoms with van der Waals surface area (Å²) in [5, 5.41) is 0. The molecular formula is C29H36O8. The van der Waals surface area contributed by atoms with Crippen molar-refractivity contribution in [3.05, 3.63) is 64.7 Å². The standard InChI is InChI=1S/C29H36O8/c1-7-18(3)28(30)37-17-23-22(13-19-9-11-20(12-10-19)29(31)35-8-2)16-36-26(23)21-14-24(32-4)27(34-6)25(15-21)33-5/h7,9-12,14-15,22-23,26H,8,13,16-17H2,1-6H3/t22-,23-,26+/m0/s1. The fraction of sp³-hybridized carbons (Fsp3) is 0.448. The van der Waals surface area contributed by atoms with Gasteiger partial charge in [-0.15, -0.1) is 0 Å². The van der Waals surface area contributed by atoms with Gasteiger partial charge in [0, 0.05) is 11.5 Å². The van der Waals surface area contributed by atoms with E-state index in [9.17, 15) is 9.59 Å². The first kappa shape index (κ1) is 28.1. The molecular weight excluding hydrogens is 476 g/mol. The average molecular weight is 513 g/mol. The number of carbonyl (C=O) groups excluding carboxylic acids is 2. The van der Waals surface area contributed by atoms with Crippen molar-refractivity contribution in [1.29, 1.82) is 0 Å². The molecule has 200 valence electrons. The van der Waals surface area contributed by atoms with E-state index in [2.05, 4.69) is 0 Å². The van der Waals surface area contributed by atoms with E-state index in [1.165, 1.54) is 0 Å². The van der Waals surface area contributed by atoms with Gasteiger partial charge < -0.3 is 28.4 Å². The molecule has 1 aliphatic heterocycles. The minimum absolute atomic E-state index is 0.0660. The molecule has 0 radical (unpaired) electrons. The first-order valence-corrected chi connectivity index (χ1v) is 12.3. The first-order valence-electron chi connectivity index (χ1n) is 12.3. The van der Waals surface area contributed by atoms with Gasteiger partial charge in [0.25, 0.3) is 0 Å². The minimum Gasteiger partial charge on any atom is -0.493 e. The van der Waals surface area contributed by atoms with Crippen LogP contribution >= 0.6 is 0 Å².